The Hall–Kier alpha value is -2.64. The summed E-state index contributed by atoms with van der Waals surface area (Å²) in [5.74, 6) is 0. The van der Waals surface area contributed by atoms with Crippen LogP contribution < -0.4 is 15.8 Å². The van der Waals surface area contributed by atoms with Crippen LogP contribution >= 0.6 is 0 Å². The lowest BCUT2D eigenvalue weighted by Gasteiger charge is -2.27. The number of sulfonamides is 1. The molecular weight excluding hydrogens is 374 g/mol. The third kappa shape index (κ3) is 5.94. The molecule has 6 nitrogen and oxygen atoms in total. The van der Waals surface area contributed by atoms with E-state index in [0.717, 1.165) is 22.3 Å². The molecular formula is C21H27N3O3S. The van der Waals surface area contributed by atoms with Crippen LogP contribution in [0.4, 0.5) is 4.79 Å². The standard InChI is InChI=1S/C21H27N3O3S/c1-15(2)17-6-5-7-18(14-17)21(3,4)24-20(25)23-13-12-16-8-10-19(11-9-16)28(22,26)27/h5-11,14H,1,12-13H2,2-4H3,(H2,22,26,27)(H2,23,24,25). The summed E-state index contributed by atoms with van der Waals surface area (Å²) < 4.78 is 22.5. The second-order valence-corrected chi connectivity index (χ2v) is 8.87. The van der Waals surface area contributed by atoms with Gasteiger partial charge in [0.15, 0.2) is 0 Å². The molecule has 0 aromatic heterocycles. The highest BCUT2D eigenvalue weighted by Gasteiger charge is 2.23. The van der Waals surface area contributed by atoms with Crippen molar-refractivity contribution in [2.45, 2.75) is 37.6 Å². The van der Waals surface area contributed by atoms with Crippen molar-refractivity contribution in [2.24, 2.45) is 5.14 Å². The smallest absolute Gasteiger partial charge is 0.315 e. The first-order valence-corrected chi connectivity index (χ1v) is 10.5. The van der Waals surface area contributed by atoms with Crippen LogP contribution in [-0.4, -0.2) is 21.0 Å². The van der Waals surface area contributed by atoms with Crippen molar-refractivity contribution in [3.05, 3.63) is 71.8 Å². The quantitative estimate of drug-likeness (QED) is 0.664. The minimum atomic E-state index is -3.69. The maximum absolute atomic E-state index is 12.3. The highest BCUT2D eigenvalue weighted by molar-refractivity contribution is 7.89. The number of hydrogen-bond donors (Lipinski definition) is 3. The van der Waals surface area contributed by atoms with Gasteiger partial charge in [0.05, 0.1) is 10.4 Å². The van der Waals surface area contributed by atoms with E-state index in [1.165, 1.54) is 12.1 Å². The zero-order chi connectivity index (χ0) is 20.9. The average Bonchev–Trinajstić information content (AvgIpc) is 2.61. The molecule has 2 aromatic rings. The fourth-order valence-corrected chi connectivity index (χ4v) is 3.26. The number of rotatable bonds is 7. The molecule has 0 bridgehead atoms. The maximum Gasteiger partial charge on any atom is 0.315 e. The van der Waals surface area contributed by atoms with Gasteiger partial charge in [-0.25, -0.2) is 18.4 Å². The summed E-state index contributed by atoms with van der Waals surface area (Å²) in [5.41, 5.74) is 3.35. The van der Waals surface area contributed by atoms with Crippen molar-refractivity contribution in [3.8, 4) is 0 Å². The Bertz CT molecular complexity index is 965. The normalized spacial score (nSPS) is 11.7. The van der Waals surface area contributed by atoms with Crippen molar-refractivity contribution in [1.29, 1.82) is 0 Å². The number of carbonyl (C=O) groups is 1. The van der Waals surface area contributed by atoms with Gasteiger partial charge < -0.3 is 10.6 Å². The highest BCUT2D eigenvalue weighted by atomic mass is 32.2. The lowest BCUT2D eigenvalue weighted by molar-refractivity contribution is 0.230. The van der Waals surface area contributed by atoms with E-state index in [0.29, 0.717) is 13.0 Å². The summed E-state index contributed by atoms with van der Waals surface area (Å²) in [6.45, 7) is 10.2. The first-order valence-electron chi connectivity index (χ1n) is 8.93. The molecule has 0 fully saturated rings. The monoisotopic (exact) mass is 401 g/mol. The van der Waals surface area contributed by atoms with Gasteiger partial charge in [-0.3, -0.25) is 0 Å². The molecule has 150 valence electrons. The lowest BCUT2D eigenvalue weighted by Crippen LogP contribution is -2.46. The Morgan fingerprint density at radius 1 is 1.14 bits per heavy atom. The van der Waals surface area contributed by atoms with Crippen LogP contribution in [0.5, 0.6) is 0 Å². The molecule has 0 radical (unpaired) electrons. The Labute approximate surface area is 166 Å². The summed E-state index contributed by atoms with van der Waals surface area (Å²) in [6, 6.07) is 14.0. The molecule has 7 heteroatoms. The van der Waals surface area contributed by atoms with Crippen LogP contribution in [-0.2, 0) is 22.0 Å². The summed E-state index contributed by atoms with van der Waals surface area (Å²) >= 11 is 0. The predicted molar refractivity (Wildman–Crippen MR) is 112 cm³/mol. The number of amides is 2. The van der Waals surface area contributed by atoms with Crippen LogP contribution in [0.25, 0.3) is 5.57 Å². The van der Waals surface area contributed by atoms with Crippen LogP contribution in [0.3, 0.4) is 0 Å². The number of urea groups is 1. The molecule has 0 unspecified atom stereocenters. The van der Waals surface area contributed by atoms with E-state index in [4.69, 9.17) is 5.14 Å². The molecule has 0 atom stereocenters. The molecule has 0 saturated heterocycles. The topological polar surface area (TPSA) is 101 Å². The molecule has 4 N–H and O–H groups in total. The second-order valence-electron chi connectivity index (χ2n) is 7.31. The van der Waals surface area contributed by atoms with E-state index < -0.39 is 15.6 Å². The van der Waals surface area contributed by atoms with Gasteiger partial charge in [0.25, 0.3) is 0 Å². The number of nitrogens with two attached hydrogens (primary N) is 1. The largest absolute Gasteiger partial charge is 0.338 e. The van der Waals surface area contributed by atoms with Gasteiger partial charge in [0.2, 0.25) is 10.0 Å². The summed E-state index contributed by atoms with van der Waals surface area (Å²) in [5, 5.41) is 10.9. The molecule has 0 saturated carbocycles. The average molecular weight is 402 g/mol. The SMILES string of the molecule is C=C(C)c1cccc(C(C)(C)NC(=O)NCCc2ccc(S(N)(=O)=O)cc2)c1. The van der Waals surface area contributed by atoms with E-state index in [1.54, 1.807) is 12.1 Å². The Morgan fingerprint density at radius 3 is 2.36 bits per heavy atom. The Balaban J connectivity index is 1.91. The molecule has 2 amide bonds. The van der Waals surface area contributed by atoms with Crippen molar-refractivity contribution in [1.82, 2.24) is 10.6 Å². The molecule has 0 heterocycles. The summed E-state index contributed by atoms with van der Waals surface area (Å²) in [7, 11) is -3.69. The van der Waals surface area contributed by atoms with Crippen LogP contribution in [0.2, 0.25) is 0 Å². The van der Waals surface area contributed by atoms with Gasteiger partial charge in [0.1, 0.15) is 0 Å². The van der Waals surface area contributed by atoms with Crippen molar-refractivity contribution in [3.63, 3.8) is 0 Å². The van der Waals surface area contributed by atoms with Gasteiger partial charge in [-0.15, -0.1) is 0 Å². The van der Waals surface area contributed by atoms with Gasteiger partial charge in [0, 0.05) is 6.54 Å². The van der Waals surface area contributed by atoms with Gasteiger partial charge in [-0.05, 0) is 62.1 Å². The maximum atomic E-state index is 12.3. The highest BCUT2D eigenvalue weighted by Crippen LogP contribution is 2.23. The van der Waals surface area contributed by atoms with Crippen LogP contribution in [0, 0.1) is 0 Å². The summed E-state index contributed by atoms with van der Waals surface area (Å²) in [6.07, 6.45) is 0.573. The molecule has 28 heavy (non-hydrogen) atoms. The Morgan fingerprint density at radius 2 is 1.79 bits per heavy atom. The predicted octanol–water partition coefficient (Wildman–Crippen LogP) is 3.14. The molecule has 0 spiro atoms. The van der Waals surface area contributed by atoms with E-state index in [1.807, 2.05) is 45.0 Å². The zero-order valence-electron chi connectivity index (χ0n) is 16.5. The summed E-state index contributed by atoms with van der Waals surface area (Å²) in [4.78, 5) is 12.4. The number of allylic oxidation sites excluding steroid dienone is 1. The van der Waals surface area contributed by atoms with Crippen LogP contribution in [0.15, 0.2) is 60.0 Å². The van der Waals surface area contributed by atoms with Crippen molar-refractivity contribution in [2.75, 3.05) is 6.54 Å². The molecule has 0 aliphatic heterocycles. The number of nitrogens with one attached hydrogen (secondary N) is 2. The fourth-order valence-electron chi connectivity index (χ4n) is 2.74. The minimum absolute atomic E-state index is 0.0701. The third-order valence-corrected chi connectivity index (χ3v) is 5.38. The van der Waals surface area contributed by atoms with E-state index >= 15 is 0 Å². The number of hydrogen-bond acceptors (Lipinski definition) is 3. The number of carbonyl (C=O) groups excluding carboxylic acids is 1. The van der Waals surface area contributed by atoms with E-state index in [2.05, 4.69) is 17.2 Å². The van der Waals surface area contributed by atoms with Crippen molar-refractivity contribution < 1.29 is 13.2 Å². The van der Waals surface area contributed by atoms with Crippen molar-refractivity contribution >= 4 is 21.6 Å². The molecule has 0 aliphatic carbocycles. The van der Waals surface area contributed by atoms with Gasteiger partial charge >= 0.3 is 6.03 Å². The molecule has 2 rings (SSSR count). The fraction of sp³-hybridized carbons (Fsp3) is 0.286. The zero-order valence-corrected chi connectivity index (χ0v) is 17.3. The molecule has 0 aliphatic rings. The lowest BCUT2D eigenvalue weighted by atomic mass is 9.92. The number of benzene rings is 2. The van der Waals surface area contributed by atoms with E-state index in [-0.39, 0.29) is 10.9 Å². The number of primary sulfonamides is 1. The Kier molecular flexibility index (Phi) is 6.64. The van der Waals surface area contributed by atoms with E-state index in [9.17, 15) is 13.2 Å². The minimum Gasteiger partial charge on any atom is -0.338 e. The second kappa shape index (κ2) is 8.58. The van der Waals surface area contributed by atoms with Gasteiger partial charge in [-0.2, -0.15) is 0 Å². The van der Waals surface area contributed by atoms with Gasteiger partial charge in [-0.1, -0.05) is 42.5 Å². The third-order valence-electron chi connectivity index (χ3n) is 4.45. The molecule has 2 aromatic carbocycles. The first kappa shape index (κ1) is 21.7. The van der Waals surface area contributed by atoms with Crippen LogP contribution in [0.1, 0.15) is 37.5 Å². The first-order chi connectivity index (χ1) is 13.0.